The van der Waals surface area contributed by atoms with Crippen LogP contribution in [0.15, 0.2) is 41.4 Å². The predicted molar refractivity (Wildman–Crippen MR) is 104 cm³/mol. The summed E-state index contributed by atoms with van der Waals surface area (Å²) in [6.45, 7) is 5.04. The average Bonchev–Trinajstić information content (AvgIpc) is 2.61. The van der Waals surface area contributed by atoms with Gasteiger partial charge in [0.25, 0.3) is 0 Å². The van der Waals surface area contributed by atoms with Crippen LogP contribution in [0.2, 0.25) is 5.02 Å². The Morgan fingerprint density at radius 1 is 1.17 bits per heavy atom. The highest BCUT2D eigenvalue weighted by molar-refractivity contribution is 6.33. The molecule has 24 heavy (non-hydrogen) atoms. The molecule has 0 bridgehead atoms. The zero-order valence-corrected chi connectivity index (χ0v) is 15.6. The molecule has 0 aliphatic rings. The minimum atomic E-state index is 0.636. The van der Waals surface area contributed by atoms with Gasteiger partial charge in [0.05, 0.1) is 24.2 Å². The van der Waals surface area contributed by atoms with Crippen molar-refractivity contribution in [3.05, 3.63) is 47.0 Å². The Hall–Kier alpha value is -2.20. The van der Waals surface area contributed by atoms with Crippen LogP contribution in [0.5, 0.6) is 5.75 Å². The van der Waals surface area contributed by atoms with E-state index in [2.05, 4.69) is 23.7 Å². The zero-order chi connectivity index (χ0) is 17.7. The van der Waals surface area contributed by atoms with Gasteiger partial charge in [0.2, 0.25) is 0 Å². The molecule has 0 spiro atoms. The van der Waals surface area contributed by atoms with Crippen molar-refractivity contribution in [2.45, 2.75) is 13.8 Å². The molecule has 2 aromatic carbocycles. The third-order valence-corrected chi connectivity index (χ3v) is 4.28. The molecule has 0 saturated carbocycles. The standard InChI is InChI=1S/C19H24ClN3O/c1-6-22(3)13-21-18-11-14(2)19(12-17(18)20)23(4)15-7-9-16(24-5)10-8-15/h7-13H,6H2,1-5H3. The molecular formula is C19H24ClN3O. The molecule has 0 aliphatic heterocycles. The van der Waals surface area contributed by atoms with Crippen LogP contribution >= 0.6 is 11.6 Å². The molecule has 2 aromatic rings. The summed E-state index contributed by atoms with van der Waals surface area (Å²) in [5.74, 6) is 0.839. The van der Waals surface area contributed by atoms with Crippen LogP contribution in [0.25, 0.3) is 0 Å². The Bertz CT molecular complexity index is 713. The van der Waals surface area contributed by atoms with Crippen LogP contribution in [-0.2, 0) is 0 Å². The monoisotopic (exact) mass is 345 g/mol. The van der Waals surface area contributed by atoms with Gasteiger partial charge in [0, 0.05) is 32.0 Å². The van der Waals surface area contributed by atoms with Gasteiger partial charge in [0.1, 0.15) is 5.75 Å². The first kappa shape index (κ1) is 18.1. The maximum atomic E-state index is 6.43. The van der Waals surface area contributed by atoms with E-state index in [9.17, 15) is 0 Å². The number of ether oxygens (including phenoxy) is 1. The Labute approximate surface area is 149 Å². The second kappa shape index (κ2) is 8.06. The predicted octanol–water partition coefficient (Wildman–Crippen LogP) is 5.04. The lowest BCUT2D eigenvalue weighted by atomic mass is 10.1. The number of aryl methyl sites for hydroxylation is 1. The number of benzene rings is 2. The first-order valence-electron chi connectivity index (χ1n) is 7.88. The van der Waals surface area contributed by atoms with Crippen LogP contribution < -0.4 is 9.64 Å². The van der Waals surface area contributed by atoms with Crippen molar-refractivity contribution in [2.75, 3.05) is 32.6 Å². The smallest absolute Gasteiger partial charge is 0.119 e. The molecule has 4 nitrogen and oxygen atoms in total. The van der Waals surface area contributed by atoms with Crippen LogP contribution in [0.4, 0.5) is 17.1 Å². The van der Waals surface area contributed by atoms with Crippen molar-refractivity contribution >= 4 is 35.0 Å². The number of aliphatic imine (C=N–C) groups is 1. The van der Waals surface area contributed by atoms with Crippen molar-refractivity contribution in [1.29, 1.82) is 0 Å². The highest BCUT2D eigenvalue weighted by Crippen LogP contribution is 2.35. The van der Waals surface area contributed by atoms with Gasteiger partial charge in [-0.15, -0.1) is 0 Å². The van der Waals surface area contributed by atoms with Gasteiger partial charge < -0.3 is 14.5 Å². The highest BCUT2D eigenvalue weighted by atomic mass is 35.5. The Morgan fingerprint density at radius 3 is 2.42 bits per heavy atom. The third kappa shape index (κ3) is 4.20. The van der Waals surface area contributed by atoms with E-state index in [1.54, 1.807) is 13.4 Å². The van der Waals surface area contributed by atoms with Gasteiger partial charge in [-0.05, 0) is 55.8 Å². The number of methoxy groups -OCH3 is 1. The summed E-state index contributed by atoms with van der Waals surface area (Å²) >= 11 is 6.43. The molecule has 0 radical (unpaired) electrons. The highest BCUT2D eigenvalue weighted by Gasteiger charge is 2.11. The number of hydrogen-bond donors (Lipinski definition) is 0. The summed E-state index contributed by atoms with van der Waals surface area (Å²) < 4.78 is 5.21. The fourth-order valence-corrected chi connectivity index (χ4v) is 2.51. The van der Waals surface area contributed by atoms with E-state index < -0.39 is 0 Å². The Morgan fingerprint density at radius 2 is 1.83 bits per heavy atom. The number of halogens is 1. The Kier molecular flexibility index (Phi) is 6.10. The molecule has 0 aliphatic carbocycles. The van der Waals surface area contributed by atoms with E-state index >= 15 is 0 Å². The molecule has 0 aromatic heterocycles. The molecule has 5 heteroatoms. The lowest BCUT2D eigenvalue weighted by molar-refractivity contribution is 0.415. The normalized spacial score (nSPS) is 10.9. The van der Waals surface area contributed by atoms with E-state index in [1.165, 1.54) is 0 Å². The van der Waals surface area contributed by atoms with Gasteiger partial charge in [0.15, 0.2) is 0 Å². The summed E-state index contributed by atoms with van der Waals surface area (Å²) in [4.78, 5) is 8.57. The van der Waals surface area contributed by atoms with E-state index in [1.807, 2.05) is 55.4 Å². The maximum absolute atomic E-state index is 6.43. The molecule has 0 unspecified atom stereocenters. The minimum absolute atomic E-state index is 0.636. The minimum Gasteiger partial charge on any atom is -0.497 e. The lowest BCUT2D eigenvalue weighted by Crippen LogP contribution is -2.14. The first-order chi connectivity index (χ1) is 11.5. The molecule has 0 atom stereocenters. The van der Waals surface area contributed by atoms with Gasteiger partial charge >= 0.3 is 0 Å². The maximum Gasteiger partial charge on any atom is 0.119 e. The number of nitrogens with zero attached hydrogens (tertiary/aromatic N) is 3. The zero-order valence-electron chi connectivity index (χ0n) is 14.9. The van der Waals surface area contributed by atoms with Crippen molar-refractivity contribution in [3.8, 4) is 5.75 Å². The quantitative estimate of drug-likeness (QED) is 0.542. The van der Waals surface area contributed by atoms with Gasteiger partial charge in [-0.1, -0.05) is 11.6 Å². The largest absolute Gasteiger partial charge is 0.497 e. The van der Waals surface area contributed by atoms with E-state index in [0.717, 1.165) is 34.9 Å². The van der Waals surface area contributed by atoms with Crippen molar-refractivity contribution in [3.63, 3.8) is 0 Å². The van der Waals surface area contributed by atoms with E-state index in [4.69, 9.17) is 16.3 Å². The van der Waals surface area contributed by atoms with Crippen LogP contribution in [0.3, 0.4) is 0 Å². The fraction of sp³-hybridized carbons (Fsp3) is 0.316. The summed E-state index contributed by atoms with van der Waals surface area (Å²) in [5.41, 5.74) is 4.01. The second-order valence-corrected chi connectivity index (χ2v) is 6.07. The molecule has 0 saturated heterocycles. The second-order valence-electron chi connectivity index (χ2n) is 5.66. The molecule has 0 heterocycles. The summed E-state index contributed by atoms with van der Waals surface area (Å²) in [7, 11) is 5.67. The Balaban J connectivity index is 2.30. The summed E-state index contributed by atoms with van der Waals surface area (Å²) in [6, 6.07) is 11.9. The van der Waals surface area contributed by atoms with Crippen molar-refractivity contribution in [1.82, 2.24) is 4.90 Å². The summed E-state index contributed by atoms with van der Waals surface area (Å²) in [6.07, 6.45) is 1.80. The SMILES string of the molecule is CCN(C)C=Nc1cc(C)c(N(C)c2ccc(OC)cc2)cc1Cl. The molecule has 0 amide bonds. The van der Waals surface area contributed by atoms with Crippen LogP contribution in [0, 0.1) is 6.92 Å². The molecule has 0 fully saturated rings. The van der Waals surface area contributed by atoms with Crippen LogP contribution in [0.1, 0.15) is 12.5 Å². The third-order valence-electron chi connectivity index (χ3n) is 3.98. The first-order valence-corrected chi connectivity index (χ1v) is 8.26. The van der Waals surface area contributed by atoms with Gasteiger partial charge in [-0.3, -0.25) is 0 Å². The number of hydrogen-bond acceptors (Lipinski definition) is 3. The van der Waals surface area contributed by atoms with Crippen molar-refractivity contribution < 1.29 is 4.74 Å². The van der Waals surface area contributed by atoms with E-state index in [0.29, 0.717) is 5.02 Å². The van der Waals surface area contributed by atoms with Crippen molar-refractivity contribution in [2.24, 2.45) is 4.99 Å². The fourth-order valence-electron chi connectivity index (χ4n) is 2.30. The molecule has 128 valence electrons. The average molecular weight is 346 g/mol. The number of rotatable bonds is 6. The van der Waals surface area contributed by atoms with Crippen LogP contribution in [-0.4, -0.2) is 39.0 Å². The van der Waals surface area contributed by atoms with Gasteiger partial charge in [-0.2, -0.15) is 0 Å². The topological polar surface area (TPSA) is 28.1 Å². The number of anilines is 2. The van der Waals surface area contributed by atoms with Gasteiger partial charge in [-0.25, -0.2) is 4.99 Å². The lowest BCUT2D eigenvalue weighted by Gasteiger charge is -2.22. The molecular weight excluding hydrogens is 322 g/mol. The van der Waals surface area contributed by atoms with E-state index in [-0.39, 0.29) is 0 Å². The summed E-state index contributed by atoms with van der Waals surface area (Å²) in [5, 5.41) is 0.636. The molecule has 2 rings (SSSR count). The molecule has 0 N–H and O–H groups in total.